The highest BCUT2D eigenvalue weighted by molar-refractivity contribution is 7.80. The van der Waals surface area contributed by atoms with Crippen molar-refractivity contribution in [3.05, 3.63) is 144 Å². The van der Waals surface area contributed by atoms with Crippen LogP contribution in [0.15, 0.2) is 144 Å². The third-order valence-electron chi connectivity index (χ3n) is 5.49. The highest BCUT2D eigenvalue weighted by atomic mass is 31.1. The summed E-state index contributed by atoms with van der Waals surface area (Å²) in [5.74, 6) is 0. The molecule has 0 fully saturated rings. The zero-order chi connectivity index (χ0) is 21.8. The van der Waals surface area contributed by atoms with E-state index in [2.05, 4.69) is 97.1 Å². The van der Waals surface area contributed by atoms with Gasteiger partial charge in [0.15, 0.2) is 0 Å². The van der Waals surface area contributed by atoms with Crippen molar-refractivity contribution in [2.45, 2.75) is 6.17 Å². The predicted molar refractivity (Wildman–Crippen MR) is 139 cm³/mol. The minimum atomic E-state index is -1.08. The van der Waals surface area contributed by atoms with Crippen molar-refractivity contribution >= 4 is 37.1 Å². The first-order valence-electron chi connectivity index (χ1n) is 10.7. The summed E-state index contributed by atoms with van der Waals surface area (Å²) in [5, 5.41) is 6.93. The average Bonchev–Trinajstić information content (AvgIpc) is 3.23. The molecule has 0 aromatic heterocycles. The molecule has 0 bridgehead atoms. The van der Waals surface area contributed by atoms with E-state index in [1.54, 1.807) is 6.08 Å². The molecule has 0 heterocycles. The van der Waals surface area contributed by atoms with E-state index < -0.39 is 22.0 Å². The topological polar surface area (TPSA) is 0 Å². The Hall–Kier alpha value is -2.85. The van der Waals surface area contributed by atoms with Gasteiger partial charge in [0, 0.05) is 5.31 Å². The van der Waals surface area contributed by atoms with Crippen LogP contribution in [0.1, 0.15) is 0 Å². The zero-order valence-corrected chi connectivity index (χ0v) is 19.3. The van der Waals surface area contributed by atoms with Crippen molar-refractivity contribution in [3.8, 4) is 0 Å². The molecule has 1 aliphatic carbocycles. The van der Waals surface area contributed by atoms with E-state index in [1.807, 2.05) is 30.3 Å². The lowest BCUT2D eigenvalue weighted by atomic mass is 10.4. The molecule has 0 spiro atoms. The van der Waals surface area contributed by atoms with Gasteiger partial charge >= 0.3 is 0 Å². The Morgan fingerprint density at radius 3 is 1.19 bits per heavy atom. The summed E-state index contributed by atoms with van der Waals surface area (Å²) >= 11 is 0. The van der Waals surface area contributed by atoms with Gasteiger partial charge in [-0.05, 0) is 48.5 Å². The molecule has 1 unspecified atom stereocenters. The zero-order valence-electron chi connectivity index (χ0n) is 17.6. The molecule has 4 aromatic rings. The van der Waals surface area contributed by atoms with Crippen LogP contribution in [0.3, 0.4) is 0 Å². The molecule has 0 saturated heterocycles. The Morgan fingerprint density at radius 1 is 0.469 bits per heavy atom. The van der Waals surface area contributed by atoms with E-state index in [4.69, 9.17) is 0 Å². The number of halogens is 1. The molecule has 1 aliphatic rings. The van der Waals surface area contributed by atoms with Crippen molar-refractivity contribution < 1.29 is 4.39 Å². The summed E-state index contributed by atoms with van der Waals surface area (Å²) in [5.41, 5.74) is 0. The fourth-order valence-corrected chi connectivity index (χ4v) is 9.50. The van der Waals surface area contributed by atoms with Crippen LogP contribution >= 0.6 is 15.8 Å². The summed E-state index contributed by atoms with van der Waals surface area (Å²) in [6.07, 6.45) is 2.72. The molecule has 0 saturated carbocycles. The Kier molecular flexibility index (Phi) is 6.40. The monoisotopic (exact) mass is 452 g/mol. The van der Waals surface area contributed by atoms with Crippen molar-refractivity contribution in [3.63, 3.8) is 0 Å². The van der Waals surface area contributed by atoms with E-state index in [-0.39, 0.29) is 0 Å². The lowest BCUT2D eigenvalue weighted by Crippen LogP contribution is -2.18. The van der Waals surface area contributed by atoms with Gasteiger partial charge in [0.05, 0.1) is 0 Å². The Labute approximate surface area is 191 Å². The van der Waals surface area contributed by atoms with E-state index >= 15 is 4.39 Å². The van der Waals surface area contributed by atoms with Crippen LogP contribution in [0.2, 0.25) is 0 Å². The highest BCUT2D eigenvalue weighted by Gasteiger charge is 2.34. The van der Waals surface area contributed by atoms with E-state index in [9.17, 15) is 0 Å². The summed E-state index contributed by atoms with van der Waals surface area (Å²) in [6.45, 7) is 0. The van der Waals surface area contributed by atoms with Crippen LogP contribution in [0.25, 0.3) is 0 Å². The minimum Gasteiger partial charge on any atom is -0.238 e. The maximum absolute atomic E-state index is 15.7. The lowest BCUT2D eigenvalue weighted by molar-refractivity contribution is 0.467. The number of allylic oxidation sites excluding steroid dienone is 4. The van der Waals surface area contributed by atoms with E-state index in [0.29, 0.717) is 0 Å². The van der Waals surface area contributed by atoms with Crippen LogP contribution in [0.5, 0.6) is 0 Å². The Balaban J connectivity index is 1.75. The molecule has 5 rings (SSSR count). The van der Waals surface area contributed by atoms with Gasteiger partial charge in [0.2, 0.25) is 0 Å². The molecule has 0 aliphatic heterocycles. The van der Waals surface area contributed by atoms with Crippen molar-refractivity contribution in [2.24, 2.45) is 0 Å². The number of hydrogen-bond donors (Lipinski definition) is 0. The third-order valence-corrected chi connectivity index (χ3v) is 10.8. The summed E-state index contributed by atoms with van der Waals surface area (Å²) in [7, 11) is -1.85. The van der Waals surface area contributed by atoms with Gasteiger partial charge in [-0.15, -0.1) is 0 Å². The first-order valence-corrected chi connectivity index (χ1v) is 13.4. The molecular weight excluding hydrogens is 429 g/mol. The number of benzene rings is 4. The summed E-state index contributed by atoms with van der Waals surface area (Å²) in [6, 6.07) is 41.9. The number of rotatable bonds is 6. The minimum absolute atomic E-state index is 0.862. The second-order valence-corrected chi connectivity index (χ2v) is 11.9. The molecular formula is C29H23FP2. The third kappa shape index (κ3) is 4.24. The maximum atomic E-state index is 15.7. The van der Waals surface area contributed by atoms with Crippen LogP contribution < -0.4 is 21.2 Å². The number of hydrogen-bond acceptors (Lipinski definition) is 0. The fraction of sp³-hybridized carbons (Fsp3) is 0.0345. The molecule has 1 atom stereocenters. The smallest absolute Gasteiger partial charge is 0.145 e. The second-order valence-electron chi connectivity index (χ2n) is 7.54. The molecule has 0 radical (unpaired) electrons. The first-order chi connectivity index (χ1) is 15.8. The molecule has 32 heavy (non-hydrogen) atoms. The maximum Gasteiger partial charge on any atom is 0.145 e. The molecule has 4 aromatic carbocycles. The van der Waals surface area contributed by atoms with Crippen LogP contribution in [0.4, 0.5) is 4.39 Å². The van der Waals surface area contributed by atoms with Gasteiger partial charge in [0.1, 0.15) is 6.17 Å². The standard InChI is InChI=1S/C29H23FP2/c30-27-21-22-28(31(23-13-5-1-6-14-23)24-15-7-2-8-16-24)29(27)32(25-17-9-3-10-18-25)26-19-11-4-12-20-26/h1-22,27H. The van der Waals surface area contributed by atoms with E-state index in [0.717, 1.165) is 10.6 Å². The van der Waals surface area contributed by atoms with E-state index in [1.165, 1.54) is 21.2 Å². The molecule has 0 nitrogen and oxygen atoms in total. The Bertz CT molecular complexity index is 1140. The second kappa shape index (κ2) is 9.74. The predicted octanol–water partition coefficient (Wildman–Crippen LogP) is 6.37. The van der Waals surface area contributed by atoms with Crippen LogP contribution in [-0.4, -0.2) is 6.17 Å². The van der Waals surface area contributed by atoms with Gasteiger partial charge in [-0.3, -0.25) is 0 Å². The average molecular weight is 452 g/mol. The van der Waals surface area contributed by atoms with Gasteiger partial charge < -0.3 is 0 Å². The SMILES string of the molecule is FC1C=CC(P(c2ccccc2)c2ccccc2)=C1P(c1ccccc1)c1ccccc1. The summed E-state index contributed by atoms with van der Waals surface area (Å²) in [4.78, 5) is 0. The first kappa shape index (κ1) is 21.0. The van der Waals surface area contributed by atoms with Crippen molar-refractivity contribution in [1.82, 2.24) is 0 Å². The fourth-order valence-electron chi connectivity index (χ4n) is 4.08. The number of alkyl halides is 1. The van der Waals surface area contributed by atoms with Crippen molar-refractivity contribution in [2.75, 3.05) is 0 Å². The highest BCUT2D eigenvalue weighted by Crippen LogP contribution is 2.58. The van der Waals surface area contributed by atoms with Gasteiger partial charge in [-0.1, -0.05) is 127 Å². The van der Waals surface area contributed by atoms with Crippen molar-refractivity contribution in [1.29, 1.82) is 0 Å². The van der Waals surface area contributed by atoms with Crippen LogP contribution in [0, 0.1) is 0 Å². The van der Waals surface area contributed by atoms with Gasteiger partial charge in [-0.25, -0.2) is 4.39 Å². The Morgan fingerprint density at radius 2 is 0.812 bits per heavy atom. The largest absolute Gasteiger partial charge is 0.238 e. The summed E-state index contributed by atoms with van der Waals surface area (Å²) < 4.78 is 15.7. The molecule has 156 valence electrons. The molecule has 0 N–H and O–H groups in total. The normalized spacial score (nSPS) is 15.7. The van der Waals surface area contributed by atoms with Gasteiger partial charge in [-0.2, -0.15) is 0 Å². The molecule has 3 heteroatoms. The lowest BCUT2D eigenvalue weighted by Gasteiger charge is -2.27. The van der Waals surface area contributed by atoms with Gasteiger partial charge in [0.25, 0.3) is 0 Å². The molecule has 0 amide bonds. The van der Waals surface area contributed by atoms with Crippen LogP contribution in [-0.2, 0) is 0 Å². The quantitative estimate of drug-likeness (QED) is 0.298.